The lowest BCUT2D eigenvalue weighted by molar-refractivity contribution is -0.142. The molecule has 0 aliphatic carbocycles. The SMILES string of the molecule is COC(=O)[C@H](CNC(=O)CNC(=O)c1cccc(NC(=O)OC(C)(C)C)c1)NC(=O)c1c(Cl)cccc1Cl. The number of halogens is 2. The fourth-order valence-corrected chi connectivity index (χ4v) is 3.55. The zero-order valence-electron chi connectivity index (χ0n) is 21.1. The summed E-state index contributed by atoms with van der Waals surface area (Å²) in [4.78, 5) is 61.5. The standard InChI is InChI=1S/C25H28Cl2N4O7/c1-25(2,3)38-24(36)30-15-8-5-7-14(11-15)21(33)29-13-19(32)28-12-18(23(35)37-4)31-22(34)20-16(26)9-6-10-17(20)27/h5-11,18H,12-13H2,1-4H3,(H,28,32)(H,29,33)(H,30,36)(H,31,34)/t18-/m0/s1. The molecule has 0 saturated heterocycles. The summed E-state index contributed by atoms with van der Waals surface area (Å²) in [5.41, 5.74) is -0.218. The maximum absolute atomic E-state index is 12.6. The van der Waals surface area contributed by atoms with Crippen molar-refractivity contribution in [3.05, 3.63) is 63.6 Å². The van der Waals surface area contributed by atoms with E-state index in [1.807, 2.05) is 0 Å². The van der Waals surface area contributed by atoms with E-state index < -0.39 is 48.0 Å². The smallest absolute Gasteiger partial charge is 0.412 e. The van der Waals surface area contributed by atoms with Crippen molar-refractivity contribution in [1.29, 1.82) is 0 Å². The van der Waals surface area contributed by atoms with Crippen LogP contribution in [0.25, 0.3) is 0 Å². The van der Waals surface area contributed by atoms with Crippen LogP contribution >= 0.6 is 23.2 Å². The Hall–Kier alpha value is -3.83. The highest BCUT2D eigenvalue weighted by Crippen LogP contribution is 2.24. The molecule has 0 unspecified atom stereocenters. The monoisotopic (exact) mass is 566 g/mol. The predicted molar refractivity (Wildman–Crippen MR) is 141 cm³/mol. The molecular formula is C25H28Cl2N4O7. The second kappa shape index (κ2) is 13.6. The van der Waals surface area contributed by atoms with Crippen LogP contribution in [0.1, 0.15) is 41.5 Å². The van der Waals surface area contributed by atoms with Crippen LogP contribution in [0.5, 0.6) is 0 Å². The number of carbonyl (C=O) groups is 5. The first-order valence-electron chi connectivity index (χ1n) is 11.3. The molecule has 0 aromatic heterocycles. The highest BCUT2D eigenvalue weighted by molar-refractivity contribution is 6.39. The quantitative estimate of drug-likeness (QED) is 0.340. The van der Waals surface area contributed by atoms with Crippen LogP contribution in [0, 0.1) is 0 Å². The maximum Gasteiger partial charge on any atom is 0.412 e. The van der Waals surface area contributed by atoms with Gasteiger partial charge in [0.2, 0.25) is 5.91 Å². The van der Waals surface area contributed by atoms with E-state index in [0.29, 0.717) is 5.69 Å². The molecule has 4 N–H and O–H groups in total. The van der Waals surface area contributed by atoms with Gasteiger partial charge in [-0.05, 0) is 51.1 Å². The van der Waals surface area contributed by atoms with Gasteiger partial charge in [0.15, 0.2) is 0 Å². The third-order valence-electron chi connectivity index (χ3n) is 4.66. The molecule has 0 spiro atoms. The van der Waals surface area contributed by atoms with Crippen LogP contribution in [0.4, 0.5) is 10.5 Å². The third-order valence-corrected chi connectivity index (χ3v) is 5.29. The number of hydrogen-bond acceptors (Lipinski definition) is 7. The van der Waals surface area contributed by atoms with Gasteiger partial charge in [0.05, 0.1) is 29.3 Å². The van der Waals surface area contributed by atoms with Crippen molar-refractivity contribution in [2.45, 2.75) is 32.4 Å². The number of carbonyl (C=O) groups excluding carboxylic acids is 5. The number of benzene rings is 2. The molecule has 0 radical (unpaired) electrons. The summed E-state index contributed by atoms with van der Waals surface area (Å²) in [6.45, 7) is 4.40. The van der Waals surface area contributed by atoms with Crippen molar-refractivity contribution in [3.63, 3.8) is 0 Å². The molecule has 13 heteroatoms. The van der Waals surface area contributed by atoms with Crippen molar-refractivity contribution in [2.24, 2.45) is 0 Å². The number of ether oxygens (including phenoxy) is 2. The number of anilines is 1. The Morgan fingerprint density at radius 1 is 0.921 bits per heavy atom. The molecule has 2 rings (SSSR count). The lowest BCUT2D eigenvalue weighted by atomic mass is 10.2. The van der Waals surface area contributed by atoms with Crippen molar-refractivity contribution in [2.75, 3.05) is 25.5 Å². The van der Waals surface area contributed by atoms with E-state index in [4.69, 9.17) is 27.9 Å². The molecular weight excluding hydrogens is 539 g/mol. The summed E-state index contributed by atoms with van der Waals surface area (Å²) in [5, 5.41) is 9.98. The van der Waals surface area contributed by atoms with Crippen LogP contribution < -0.4 is 21.3 Å². The van der Waals surface area contributed by atoms with Gasteiger partial charge in [-0.2, -0.15) is 0 Å². The Bertz CT molecular complexity index is 1190. The number of esters is 1. The minimum Gasteiger partial charge on any atom is -0.467 e. The molecule has 204 valence electrons. The van der Waals surface area contributed by atoms with Crippen LogP contribution in [0.3, 0.4) is 0 Å². The molecule has 11 nitrogen and oxygen atoms in total. The zero-order chi connectivity index (χ0) is 28.5. The minimum absolute atomic E-state index is 0.0354. The van der Waals surface area contributed by atoms with Gasteiger partial charge in [-0.15, -0.1) is 0 Å². The molecule has 0 heterocycles. The first kappa shape index (κ1) is 30.4. The number of methoxy groups -OCH3 is 1. The molecule has 0 aliphatic rings. The van der Waals surface area contributed by atoms with E-state index in [0.717, 1.165) is 7.11 Å². The van der Waals surface area contributed by atoms with Gasteiger partial charge < -0.3 is 25.4 Å². The van der Waals surface area contributed by atoms with E-state index in [9.17, 15) is 24.0 Å². The largest absolute Gasteiger partial charge is 0.467 e. The Morgan fingerprint density at radius 2 is 1.55 bits per heavy atom. The van der Waals surface area contributed by atoms with Gasteiger partial charge in [0.25, 0.3) is 11.8 Å². The van der Waals surface area contributed by atoms with Gasteiger partial charge in [0.1, 0.15) is 11.6 Å². The van der Waals surface area contributed by atoms with E-state index in [1.54, 1.807) is 39.0 Å². The van der Waals surface area contributed by atoms with E-state index in [-0.39, 0.29) is 27.7 Å². The average molecular weight is 567 g/mol. The average Bonchev–Trinajstić information content (AvgIpc) is 2.83. The van der Waals surface area contributed by atoms with E-state index in [2.05, 4.69) is 26.0 Å². The van der Waals surface area contributed by atoms with Crippen molar-refractivity contribution in [3.8, 4) is 0 Å². The Morgan fingerprint density at radius 3 is 2.16 bits per heavy atom. The van der Waals surface area contributed by atoms with Crippen molar-refractivity contribution >= 4 is 58.7 Å². The number of rotatable bonds is 9. The van der Waals surface area contributed by atoms with Crippen LogP contribution in [-0.4, -0.2) is 61.6 Å². The first-order valence-corrected chi connectivity index (χ1v) is 12.0. The van der Waals surface area contributed by atoms with Crippen molar-refractivity contribution < 1.29 is 33.4 Å². The second-order valence-electron chi connectivity index (χ2n) is 8.84. The highest BCUT2D eigenvalue weighted by atomic mass is 35.5. The maximum atomic E-state index is 12.6. The summed E-state index contributed by atoms with van der Waals surface area (Å²) < 4.78 is 9.86. The number of amides is 4. The topological polar surface area (TPSA) is 152 Å². The normalized spacial score (nSPS) is 11.5. The molecule has 2 aromatic rings. The predicted octanol–water partition coefficient (Wildman–Crippen LogP) is 3.16. The number of hydrogen-bond donors (Lipinski definition) is 4. The van der Waals surface area contributed by atoms with Gasteiger partial charge in [0, 0.05) is 17.8 Å². The fourth-order valence-electron chi connectivity index (χ4n) is 2.98. The van der Waals surface area contributed by atoms with Gasteiger partial charge in [-0.3, -0.25) is 19.7 Å². The Balaban J connectivity index is 1.92. The van der Waals surface area contributed by atoms with Crippen LogP contribution in [0.2, 0.25) is 10.0 Å². The summed E-state index contributed by atoms with van der Waals surface area (Å²) >= 11 is 12.1. The summed E-state index contributed by atoms with van der Waals surface area (Å²) in [6.07, 6.45) is -0.682. The molecule has 38 heavy (non-hydrogen) atoms. The van der Waals surface area contributed by atoms with Crippen LogP contribution in [0.15, 0.2) is 42.5 Å². The molecule has 2 aromatic carbocycles. The van der Waals surface area contributed by atoms with Gasteiger partial charge in [-0.25, -0.2) is 9.59 Å². The van der Waals surface area contributed by atoms with Crippen molar-refractivity contribution in [1.82, 2.24) is 16.0 Å². The first-order chi connectivity index (χ1) is 17.8. The Kier molecular flexibility index (Phi) is 10.9. The minimum atomic E-state index is -1.25. The lowest BCUT2D eigenvalue weighted by Crippen LogP contribution is -2.50. The van der Waals surface area contributed by atoms with E-state index in [1.165, 1.54) is 24.3 Å². The van der Waals surface area contributed by atoms with Gasteiger partial charge >= 0.3 is 12.1 Å². The highest BCUT2D eigenvalue weighted by Gasteiger charge is 2.25. The molecule has 0 saturated carbocycles. The van der Waals surface area contributed by atoms with E-state index >= 15 is 0 Å². The zero-order valence-corrected chi connectivity index (χ0v) is 22.7. The third kappa shape index (κ3) is 9.56. The summed E-state index contributed by atoms with van der Waals surface area (Å²) in [6, 6.07) is 9.26. The molecule has 0 fully saturated rings. The Labute approximate surface area is 229 Å². The summed E-state index contributed by atoms with van der Waals surface area (Å²) in [7, 11) is 1.12. The molecule has 1 atom stereocenters. The summed E-state index contributed by atoms with van der Waals surface area (Å²) in [5.74, 6) is -2.78. The molecule has 0 bridgehead atoms. The second-order valence-corrected chi connectivity index (χ2v) is 9.65. The van der Waals surface area contributed by atoms with Crippen LogP contribution in [-0.2, 0) is 19.1 Å². The molecule has 0 aliphatic heterocycles. The molecule has 4 amide bonds. The number of nitrogens with one attached hydrogen (secondary N) is 4. The van der Waals surface area contributed by atoms with Gasteiger partial charge in [-0.1, -0.05) is 35.3 Å². The fraction of sp³-hybridized carbons (Fsp3) is 0.320. The lowest BCUT2D eigenvalue weighted by Gasteiger charge is -2.19.